The quantitative estimate of drug-likeness (QED) is 0.636. The molecule has 1 unspecified atom stereocenters. The van der Waals surface area contributed by atoms with E-state index in [0.29, 0.717) is 0 Å². The minimum atomic E-state index is -4.58. The van der Waals surface area contributed by atoms with Gasteiger partial charge in [0, 0.05) is 59.1 Å². The molecule has 0 heterocycles. The predicted octanol–water partition coefficient (Wildman–Crippen LogP) is 1.48. The number of hydrogen-bond donors (Lipinski definition) is 2. The monoisotopic (exact) mass is 262 g/mol. The van der Waals surface area contributed by atoms with E-state index in [9.17, 15) is 9.36 Å². The fraction of sp³-hybridized carbons (Fsp3) is 0.125. The molecule has 0 aromatic heterocycles. The molecule has 1 atom stereocenters. The van der Waals surface area contributed by atoms with Gasteiger partial charge in [0.25, 0.3) is 0 Å². The number of aryl methyl sites for hydroxylation is 1. The van der Waals surface area contributed by atoms with Crippen LogP contribution in [0.3, 0.4) is 0 Å². The molecular weight excluding hydrogens is 253 g/mol. The zero-order chi connectivity index (χ0) is 10.8. The SMILES string of the molecule is Cc1ccc(OP(=O)(O)C(=O)O)cc1.[Na].[Na]. The smallest absolute Gasteiger partial charge is 0.471 e. The molecule has 0 saturated heterocycles. The maximum absolute atomic E-state index is 10.9. The van der Waals surface area contributed by atoms with Crippen LogP contribution in [-0.2, 0) is 4.57 Å². The van der Waals surface area contributed by atoms with Gasteiger partial charge in [-0.1, -0.05) is 17.7 Å². The Morgan fingerprint density at radius 1 is 1.25 bits per heavy atom. The maximum atomic E-state index is 10.9. The summed E-state index contributed by atoms with van der Waals surface area (Å²) in [6.07, 6.45) is 0. The van der Waals surface area contributed by atoms with Crippen molar-refractivity contribution in [1.82, 2.24) is 0 Å². The van der Waals surface area contributed by atoms with Crippen molar-refractivity contribution in [3.05, 3.63) is 29.8 Å². The van der Waals surface area contributed by atoms with Gasteiger partial charge in [0.05, 0.1) is 0 Å². The second-order valence-corrected chi connectivity index (χ2v) is 4.31. The first-order valence-electron chi connectivity index (χ1n) is 3.74. The number of rotatable bonds is 3. The first kappa shape index (κ1) is 19.0. The van der Waals surface area contributed by atoms with Gasteiger partial charge >= 0.3 is 13.3 Å². The second kappa shape index (κ2) is 7.90. The van der Waals surface area contributed by atoms with E-state index in [-0.39, 0.29) is 64.9 Å². The Hall–Kier alpha value is 0.680. The number of carbonyl (C=O) groups is 1. The van der Waals surface area contributed by atoms with Crippen LogP contribution in [0.1, 0.15) is 5.56 Å². The van der Waals surface area contributed by atoms with Crippen LogP contribution in [0.15, 0.2) is 24.3 Å². The largest absolute Gasteiger partial charge is 0.485 e. The molecule has 2 radical (unpaired) electrons. The Morgan fingerprint density at radius 3 is 2.06 bits per heavy atom. The number of hydrogen-bond acceptors (Lipinski definition) is 3. The molecule has 5 nitrogen and oxygen atoms in total. The molecule has 1 rings (SSSR count). The van der Waals surface area contributed by atoms with E-state index >= 15 is 0 Å². The van der Waals surface area contributed by atoms with Crippen molar-refractivity contribution in [2.24, 2.45) is 0 Å². The van der Waals surface area contributed by atoms with Gasteiger partial charge in [-0.3, -0.25) is 0 Å². The Morgan fingerprint density at radius 2 is 1.69 bits per heavy atom. The molecule has 0 fully saturated rings. The summed E-state index contributed by atoms with van der Waals surface area (Å²) in [4.78, 5) is 19.1. The average Bonchev–Trinajstić information content (AvgIpc) is 2.08. The zero-order valence-corrected chi connectivity index (χ0v) is 14.3. The van der Waals surface area contributed by atoms with Gasteiger partial charge in [-0.2, -0.15) is 0 Å². The standard InChI is InChI=1S/C8H9O5P.2Na/c1-6-2-4-7(5-3-6)13-14(11,12)8(9)10;;/h2-5H,1H3,(H,9,10)(H,11,12);;. The Labute approximate surface area is 137 Å². The molecule has 1 aromatic rings. The van der Waals surface area contributed by atoms with E-state index in [1.54, 1.807) is 12.1 Å². The molecule has 1 aromatic carbocycles. The fourth-order valence-electron chi connectivity index (χ4n) is 0.781. The molecule has 8 heteroatoms. The van der Waals surface area contributed by atoms with Crippen molar-refractivity contribution in [3.8, 4) is 5.75 Å². The summed E-state index contributed by atoms with van der Waals surface area (Å²) >= 11 is 0. The molecule has 0 aliphatic carbocycles. The van der Waals surface area contributed by atoms with Crippen molar-refractivity contribution in [1.29, 1.82) is 0 Å². The third-order valence-electron chi connectivity index (χ3n) is 1.49. The van der Waals surface area contributed by atoms with Gasteiger partial charge in [0.15, 0.2) is 0 Å². The number of benzene rings is 1. The van der Waals surface area contributed by atoms with E-state index in [1.165, 1.54) is 12.1 Å². The molecule has 0 bridgehead atoms. The summed E-state index contributed by atoms with van der Waals surface area (Å²) in [5, 5.41) is 8.32. The molecular formula is C8H9Na2O5P. The van der Waals surface area contributed by atoms with E-state index in [0.717, 1.165) is 5.56 Å². The summed E-state index contributed by atoms with van der Waals surface area (Å²) in [5.41, 5.74) is -0.918. The Balaban J connectivity index is 0. The van der Waals surface area contributed by atoms with Crippen molar-refractivity contribution in [2.75, 3.05) is 0 Å². The summed E-state index contributed by atoms with van der Waals surface area (Å²) < 4.78 is 15.3. The molecule has 2 N–H and O–H groups in total. The first-order chi connectivity index (χ1) is 6.42. The first-order valence-corrected chi connectivity index (χ1v) is 5.32. The maximum Gasteiger partial charge on any atom is 0.485 e. The Bertz CT molecular complexity index is 392. The molecule has 0 saturated carbocycles. The predicted molar refractivity (Wildman–Crippen MR) is 61.2 cm³/mol. The molecule has 78 valence electrons. The van der Waals surface area contributed by atoms with E-state index in [4.69, 9.17) is 10.00 Å². The third-order valence-corrected chi connectivity index (χ3v) is 2.43. The summed E-state index contributed by atoms with van der Waals surface area (Å²) in [6, 6.07) is 6.16. The van der Waals surface area contributed by atoms with Crippen molar-refractivity contribution >= 4 is 72.4 Å². The molecule has 16 heavy (non-hydrogen) atoms. The van der Waals surface area contributed by atoms with Crippen molar-refractivity contribution in [2.45, 2.75) is 6.92 Å². The van der Waals surface area contributed by atoms with Crippen LogP contribution in [0.2, 0.25) is 0 Å². The van der Waals surface area contributed by atoms with Gasteiger partial charge in [-0.25, -0.2) is 9.36 Å². The minimum Gasteiger partial charge on any atom is -0.471 e. The van der Waals surface area contributed by atoms with Crippen LogP contribution < -0.4 is 4.52 Å². The normalized spacial score (nSPS) is 12.6. The second-order valence-electron chi connectivity index (χ2n) is 2.71. The van der Waals surface area contributed by atoms with Gasteiger partial charge in [0.1, 0.15) is 5.75 Å². The van der Waals surface area contributed by atoms with Crippen LogP contribution in [0.25, 0.3) is 0 Å². The molecule has 0 spiro atoms. The third kappa shape index (κ3) is 5.84. The van der Waals surface area contributed by atoms with Crippen LogP contribution in [0.4, 0.5) is 4.79 Å². The minimum absolute atomic E-state index is 0. The van der Waals surface area contributed by atoms with Gasteiger partial charge in [-0.15, -0.1) is 0 Å². The average molecular weight is 262 g/mol. The summed E-state index contributed by atoms with van der Waals surface area (Å²) in [7, 11) is -4.58. The fourth-order valence-corrected chi connectivity index (χ4v) is 1.27. The zero-order valence-electron chi connectivity index (χ0n) is 9.38. The topological polar surface area (TPSA) is 83.8 Å². The van der Waals surface area contributed by atoms with Gasteiger partial charge in [-0.05, 0) is 19.1 Å². The van der Waals surface area contributed by atoms with E-state index in [2.05, 4.69) is 4.52 Å². The van der Waals surface area contributed by atoms with Gasteiger partial charge in [0.2, 0.25) is 0 Å². The number of carboxylic acid groups (broad SMARTS) is 1. The molecule has 0 aliphatic heterocycles. The van der Waals surface area contributed by atoms with Crippen LogP contribution in [-0.4, -0.2) is 74.8 Å². The van der Waals surface area contributed by atoms with Gasteiger partial charge < -0.3 is 14.5 Å². The summed E-state index contributed by atoms with van der Waals surface area (Å²) in [6.45, 7) is 1.83. The van der Waals surface area contributed by atoms with E-state index in [1.807, 2.05) is 6.92 Å². The van der Waals surface area contributed by atoms with E-state index < -0.39 is 13.3 Å². The van der Waals surface area contributed by atoms with Crippen molar-refractivity contribution < 1.29 is 23.9 Å². The van der Waals surface area contributed by atoms with Crippen LogP contribution in [0.5, 0.6) is 5.75 Å². The van der Waals surface area contributed by atoms with Crippen molar-refractivity contribution in [3.63, 3.8) is 0 Å². The molecule has 0 aliphatic rings. The Kier molecular flexibility index (Phi) is 9.40. The summed E-state index contributed by atoms with van der Waals surface area (Å²) in [5.74, 6) is 0.0591. The van der Waals surface area contributed by atoms with Crippen LogP contribution >= 0.6 is 7.60 Å². The van der Waals surface area contributed by atoms with Crippen LogP contribution in [0, 0.1) is 6.92 Å². The molecule has 0 amide bonds.